The molecule has 1 aromatic rings. The molecule has 1 aromatic carbocycles. The van der Waals surface area contributed by atoms with Crippen LogP contribution in [0.15, 0.2) is 24.3 Å². The maximum absolute atomic E-state index is 12.7. The molecule has 0 heterocycles. The molecule has 0 atom stereocenters. The van der Waals surface area contributed by atoms with Crippen LogP contribution in [-0.2, 0) is 9.59 Å². The summed E-state index contributed by atoms with van der Waals surface area (Å²) >= 11 is 0. The normalized spacial score (nSPS) is 10.9. The summed E-state index contributed by atoms with van der Waals surface area (Å²) < 4.78 is 12.7. The Morgan fingerprint density at radius 1 is 1.00 bits per heavy atom. The largest absolute Gasteiger partial charge is 0.350 e. The van der Waals surface area contributed by atoms with Crippen LogP contribution in [0, 0.1) is 5.82 Å². The van der Waals surface area contributed by atoms with Gasteiger partial charge in [-0.25, -0.2) is 4.39 Å². The molecule has 2 N–H and O–H groups in total. The minimum atomic E-state index is -0.417. The Bertz CT molecular complexity index is 548. The molecule has 6 heteroatoms. The third-order valence-corrected chi connectivity index (χ3v) is 2.71. The maximum Gasteiger partial charge on any atom is 0.239 e. The van der Waals surface area contributed by atoms with Crippen LogP contribution in [0.4, 0.5) is 4.39 Å². The van der Waals surface area contributed by atoms with E-state index < -0.39 is 5.82 Å². The molecule has 0 aliphatic heterocycles. The van der Waals surface area contributed by atoms with Gasteiger partial charge in [0.25, 0.3) is 0 Å². The van der Waals surface area contributed by atoms with Gasteiger partial charge in [-0.05, 0) is 45.0 Å². The number of ketones is 1. The number of rotatable bonds is 6. The van der Waals surface area contributed by atoms with Crippen LogP contribution >= 0.6 is 0 Å². The molecular formula is C16H21FN2O3. The zero-order valence-electron chi connectivity index (χ0n) is 13.0. The number of nitrogens with one attached hydrogen (secondary N) is 2. The lowest BCUT2D eigenvalue weighted by atomic mass is 10.1. The van der Waals surface area contributed by atoms with E-state index in [1.807, 2.05) is 20.8 Å². The number of hydrogen-bond acceptors (Lipinski definition) is 3. The van der Waals surface area contributed by atoms with Crippen molar-refractivity contribution in [2.45, 2.75) is 39.2 Å². The second-order valence-electron chi connectivity index (χ2n) is 6.00. The Morgan fingerprint density at radius 2 is 1.59 bits per heavy atom. The van der Waals surface area contributed by atoms with Gasteiger partial charge in [-0.15, -0.1) is 0 Å². The summed E-state index contributed by atoms with van der Waals surface area (Å²) in [4.78, 5) is 34.9. The summed E-state index contributed by atoms with van der Waals surface area (Å²) in [6.07, 6.45) is -0.00262. The van der Waals surface area contributed by atoms with Gasteiger partial charge in [0.05, 0.1) is 6.54 Å². The molecule has 22 heavy (non-hydrogen) atoms. The quantitative estimate of drug-likeness (QED) is 0.787. The van der Waals surface area contributed by atoms with Gasteiger partial charge in [-0.1, -0.05) is 0 Å². The van der Waals surface area contributed by atoms with Gasteiger partial charge in [-0.2, -0.15) is 0 Å². The number of Topliss-reactive ketones (excluding diaryl/α,β-unsaturated/α-hetero) is 1. The molecule has 0 spiro atoms. The number of benzene rings is 1. The topological polar surface area (TPSA) is 75.3 Å². The van der Waals surface area contributed by atoms with Crippen LogP contribution in [0.25, 0.3) is 0 Å². The van der Waals surface area contributed by atoms with Crippen molar-refractivity contribution in [1.29, 1.82) is 0 Å². The summed E-state index contributed by atoms with van der Waals surface area (Å²) in [7, 11) is 0. The molecule has 0 saturated carbocycles. The lowest BCUT2D eigenvalue weighted by Crippen LogP contribution is -2.45. The number of halogens is 1. The summed E-state index contributed by atoms with van der Waals surface area (Å²) in [6, 6.07) is 5.16. The summed E-state index contributed by atoms with van der Waals surface area (Å²) in [5, 5.41) is 5.17. The highest BCUT2D eigenvalue weighted by atomic mass is 19.1. The Balaban J connectivity index is 2.32. The van der Waals surface area contributed by atoms with Crippen molar-refractivity contribution in [3.63, 3.8) is 0 Å². The second-order valence-corrected chi connectivity index (χ2v) is 6.00. The second kappa shape index (κ2) is 7.68. The van der Waals surface area contributed by atoms with E-state index in [-0.39, 0.29) is 42.5 Å². The van der Waals surface area contributed by atoms with Crippen LogP contribution in [0.3, 0.4) is 0 Å². The molecule has 0 aromatic heterocycles. The standard InChI is InChI=1S/C16H21FN2O3/c1-16(2,3)19-15(22)10-18-14(21)9-8-13(20)11-4-6-12(17)7-5-11/h4-7H,8-10H2,1-3H3,(H,18,21)(H,19,22). The van der Waals surface area contributed by atoms with E-state index in [0.717, 1.165) is 0 Å². The molecule has 2 amide bonds. The molecule has 120 valence electrons. The first-order chi connectivity index (χ1) is 10.2. The molecule has 0 fully saturated rings. The van der Waals surface area contributed by atoms with Crippen molar-refractivity contribution in [3.8, 4) is 0 Å². The van der Waals surface area contributed by atoms with Crippen LogP contribution in [-0.4, -0.2) is 29.7 Å². The fraction of sp³-hybridized carbons (Fsp3) is 0.438. The van der Waals surface area contributed by atoms with Crippen LogP contribution in [0.5, 0.6) is 0 Å². The average molecular weight is 308 g/mol. The van der Waals surface area contributed by atoms with Crippen molar-refractivity contribution >= 4 is 17.6 Å². The van der Waals surface area contributed by atoms with Crippen LogP contribution in [0.1, 0.15) is 44.0 Å². The smallest absolute Gasteiger partial charge is 0.239 e. The fourth-order valence-corrected chi connectivity index (χ4v) is 1.74. The predicted octanol–water partition coefficient (Wildman–Crippen LogP) is 1.82. The van der Waals surface area contributed by atoms with Crippen LogP contribution < -0.4 is 10.6 Å². The van der Waals surface area contributed by atoms with E-state index in [9.17, 15) is 18.8 Å². The van der Waals surface area contributed by atoms with Crippen molar-refractivity contribution in [3.05, 3.63) is 35.6 Å². The Kier molecular flexibility index (Phi) is 6.22. The molecule has 0 radical (unpaired) electrons. The van der Waals surface area contributed by atoms with E-state index in [2.05, 4.69) is 10.6 Å². The van der Waals surface area contributed by atoms with Crippen LogP contribution in [0.2, 0.25) is 0 Å². The fourth-order valence-electron chi connectivity index (χ4n) is 1.74. The van der Waals surface area contributed by atoms with Gasteiger partial charge in [0, 0.05) is 23.9 Å². The summed E-state index contributed by atoms with van der Waals surface area (Å²) in [6.45, 7) is 5.40. The molecular weight excluding hydrogens is 287 g/mol. The van der Waals surface area contributed by atoms with E-state index in [1.165, 1.54) is 24.3 Å². The van der Waals surface area contributed by atoms with Crippen molar-refractivity contribution in [2.75, 3.05) is 6.54 Å². The lowest BCUT2D eigenvalue weighted by molar-refractivity contribution is -0.126. The highest BCUT2D eigenvalue weighted by molar-refractivity contribution is 5.98. The Morgan fingerprint density at radius 3 is 2.14 bits per heavy atom. The van der Waals surface area contributed by atoms with Crippen molar-refractivity contribution in [2.24, 2.45) is 0 Å². The molecule has 0 aliphatic carbocycles. The third-order valence-electron chi connectivity index (χ3n) is 2.71. The molecule has 0 aliphatic rings. The first kappa shape index (κ1) is 17.8. The number of carbonyl (C=O) groups is 3. The molecule has 0 saturated heterocycles. The summed E-state index contributed by atoms with van der Waals surface area (Å²) in [5.74, 6) is -1.32. The lowest BCUT2D eigenvalue weighted by Gasteiger charge is -2.20. The molecule has 0 unspecified atom stereocenters. The van der Waals surface area contributed by atoms with Gasteiger partial charge < -0.3 is 10.6 Å². The Labute approximate surface area is 129 Å². The molecule has 5 nitrogen and oxygen atoms in total. The van der Waals surface area contributed by atoms with Crippen molar-refractivity contribution < 1.29 is 18.8 Å². The van der Waals surface area contributed by atoms with Gasteiger partial charge >= 0.3 is 0 Å². The predicted molar refractivity (Wildman–Crippen MR) is 80.9 cm³/mol. The van der Waals surface area contributed by atoms with E-state index in [4.69, 9.17) is 0 Å². The third kappa shape index (κ3) is 6.97. The zero-order chi connectivity index (χ0) is 16.8. The number of amides is 2. The maximum atomic E-state index is 12.7. The SMILES string of the molecule is CC(C)(C)NC(=O)CNC(=O)CCC(=O)c1ccc(F)cc1. The highest BCUT2D eigenvalue weighted by Gasteiger charge is 2.15. The molecule has 1 rings (SSSR count). The number of carbonyl (C=O) groups excluding carboxylic acids is 3. The monoisotopic (exact) mass is 308 g/mol. The Hall–Kier alpha value is -2.24. The van der Waals surface area contributed by atoms with E-state index in [1.54, 1.807) is 0 Å². The van der Waals surface area contributed by atoms with E-state index in [0.29, 0.717) is 5.56 Å². The first-order valence-electron chi connectivity index (χ1n) is 7.04. The van der Waals surface area contributed by atoms with Gasteiger partial charge in [-0.3, -0.25) is 14.4 Å². The number of hydrogen-bond donors (Lipinski definition) is 2. The average Bonchev–Trinajstić information content (AvgIpc) is 2.41. The van der Waals surface area contributed by atoms with Crippen molar-refractivity contribution in [1.82, 2.24) is 10.6 Å². The minimum Gasteiger partial charge on any atom is -0.350 e. The van der Waals surface area contributed by atoms with Gasteiger partial charge in [0.2, 0.25) is 11.8 Å². The summed E-state index contributed by atoms with van der Waals surface area (Å²) in [5.41, 5.74) is 0.0000568. The first-order valence-corrected chi connectivity index (χ1v) is 7.04. The van der Waals surface area contributed by atoms with E-state index >= 15 is 0 Å². The molecule has 0 bridgehead atoms. The van der Waals surface area contributed by atoms with Gasteiger partial charge in [0.1, 0.15) is 5.82 Å². The van der Waals surface area contributed by atoms with Gasteiger partial charge in [0.15, 0.2) is 5.78 Å². The minimum absolute atomic E-state index is 0.0123. The zero-order valence-corrected chi connectivity index (χ0v) is 13.0. The highest BCUT2D eigenvalue weighted by Crippen LogP contribution is 2.07.